The van der Waals surface area contributed by atoms with Crippen LogP contribution in [0.3, 0.4) is 0 Å². The topological polar surface area (TPSA) is 40.6 Å². The molecule has 0 amide bonds. The summed E-state index contributed by atoms with van der Waals surface area (Å²) < 4.78 is 27.6. The number of aryl methyl sites for hydroxylation is 2. The van der Waals surface area contributed by atoms with Crippen molar-refractivity contribution in [3.05, 3.63) is 101 Å². The Kier molecular flexibility index (Phi) is 6.04. The lowest BCUT2D eigenvalue weighted by Gasteiger charge is -2.39. The van der Waals surface area contributed by atoms with Crippen LogP contribution in [0.4, 0.5) is 0 Å². The monoisotopic (exact) mass is 420 g/mol. The molecule has 1 aliphatic heterocycles. The summed E-state index contributed by atoms with van der Waals surface area (Å²) >= 11 is 0. The maximum atomic E-state index is 13.0. The summed E-state index contributed by atoms with van der Waals surface area (Å²) in [6, 6.07) is 26.0. The molecule has 4 rings (SSSR count). The highest BCUT2D eigenvalue weighted by molar-refractivity contribution is 7.89. The van der Waals surface area contributed by atoms with Crippen molar-refractivity contribution in [1.82, 2.24) is 9.21 Å². The summed E-state index contributed by atoms with van der Waals surface area (Å²) in [5.41, 5.74) is 5.01. The van der Waals surface area contributed by atoms with Gasteiger partial charge in [0.15, 0.2) is 0 Å². The Morgan fingerprint density at radius 2 is 1.33 bits per heavy atom. The predicted molar refractivity (Wildman–Crippen MR) is 121 cm³/mol. The molecule has 3 aromatic rings. The van der Waals surface area contributed by atoms with Crippen molar-refractivity contribution in [2.45, 2.75) is 24.8 Å². The molecule has 0 aromatic heterocycles. The highest BCUT2D eigenvalue weighted by Crippen LogP contribution is 2.32. The molecule has 4 nitrogen and oxygen atoms in total. The van der Waals surface area contributed by atoms with Crippen LogP contribution < -0.4 is 0 Å². The second-order valence-corrected chi connectivity index (χ2v) is 9.86. The molecule has 156 valence electrons. The average molecular weight is 421 g/mol. The van der Waals surface area contributed by atoms with Crippen LogP contribution >= 0.6 is 0 Å². The predicted octanol–water partition coefficient (Wildman–Crippen LogP) is 4.40. The van der Waals surface area contributed by atoms with E-state index >= 15 is 0 Å². The van der Waals surface area contributed by atoms with Crippen molar-refractivity contribution in [2.24, 2.45) is 0 Å². The van der Waals surface area contributed by atoms with E-state index < -0.39 is 10.0 Å². The van der Waals surface area contributed by atoms with Gasteiger partial charge in [-0.25, -0.2) is 8.42 Å². The van der Waals surface area contributed by atoms with E-state index in [1.54, 1.807) is 28.6 Å². The molecule has 1 atom stereocenters. The first-order valence-electron chi connectivity index (χ1n) is 10.4. The van der Waals surface area contributed by atoms with Crippen molar-refractivity contribution < 1.29 is 8.42 Å². The van der Waals surface area contributed by atoms with E-state index in [9.17, 15) is 8.42 Å². The third-order valence-corrected chi connectivity index (χ3v) is 7.81. The van der Waals surface area contributed by atoms with Crippen LogP contribution in [-0.2, 0) is 10.0 Å². The first-order chi connectivity index (χ1) is 14.5. The molecule has 0 bridgehead atoms. The third-order valence-electron chi connectivity index (χ3n) is 5.90. The van der Waals surface area contributed by atoms with Crippen molar-refractivity contribution in [3.63, 3.8) is 0 Å². The zero-order valence-corrected chi connectivity index (χ0v) is 18.3. The number of rotatable bonds is 5. The summed E-state index contributed by atoms with van der Waals surface area (Å²) in [5.74, 6) is 0. The van der Waals surface area contributed by atoms with E-state index in [1.165, 1.54) is 22.3 Å². The summed E-state index contributed by atoms with van der Waals surface area (Å²) in [5, 5.41) is 0. The molecule has 5 heteroatoms. The van der Waals surface area contributed by atoms with Gasteiger partial charge >= 0.3 is 0 Å². The Balaban J connectivity index is 1.60. The highest BCUT2D eigenvalue weighted by atomic mass is 32.2. The van der Waals surface area contributed by atoms with Gasteiger partial charge in [-0.15, -0.1) is 0 Å². The molecule has 1 aliphatic rings. The fourth-order valence-corrected chi connectivity index (χ4v) is 5.62. The SMILES string of the molecule is Cc1ccc(C(c2ccccc2C)N2CCN(S(=O)(=O)c3ccccc3)CC2)cc1. The number of hydrogen-bond donors (Lipinski definition) is 0. The first-order valence-corrected chi connectivity index (χ1v) is 11.8. The van der Waals surface area contributed by atoms with Gasteiger partial charge < -0.3 is 0 Å². The Bertz CT molecular complexity index is 1090. The molecule has 1 unspecified atom stereocenters. The lowest BCUT2D eigenvalue weighted by molar-refractivity contribution is 0.155. The summed E-state index contributed by atoms with van der Waals surface area (Å²) in [4.78, 5) is 2.77. The number of benzene rings is 3. The fraction of sp³-hybridized carbons (Fsp3) is 0.280. The Morgan fingerprint density at radius 1 is 0.733 bits per heavy atom. The van der Waals surface area contributed by atoms with Crippen LogP contribution in [0.15, 0.2) is 83.8 Å². The van der Waals surface area contributed by atoms with Crippen LogP contribution in [0, 0.1) is 13.8 Å². The van der Waals surface area contributed by atoms with Crippen LogP contribution in [0.1, 0.15) is 28.3 Å². The molecule has 0 radical (unpaired) electrons. The van der Waals surface area contributed by atoms with Gasteiger partial charge in [-0.1, -0.05) is 72.3 Å². The minimum absolute atomic E-state index is 0.119. The Hall–Kier alpha value is -2.47. The number of piperazine rings is 1. The number of hydrogen-bond acceptors (Lipinski definition) is 3. The van der Waals surface area contributed by atoms with E-state index in [0.717, 1.165) is 0 Å². The van der Waals surface area contributed by atoms with Crippen LogP contribution in [0.5, 0.6) is 0 Å². The highest BCUT2D eigenvalue weighted by Gasteiger charge is 2.32. The lowest BCUT2D eigenvalue weighted by atomic mass is 9.92. The molecule has 1 fully saturated rings. The standard InChI is InChI=1S/C25H28N2O2S/c1-20-12-14-22(15-13-20)25(24-11-7-6-8-21(24)2)26-16-18-27(19-17-26)30(28,29)23-9-4-3-5-10-23/h3-15,25H,16-19H2,1-2H3. The molecule has 0 spiro atoms. The molecular weight excluding hydrogens is 392 g/mol. The lowest BCUT2D eigenvalue weighted by Crippen LogP contribution is -2.49. The van der Waals surface area contributed by atoms with Crippen LogP contribution in [-0.4, -0.2) is 43.8 Å². The van der Waals surface area contributed by atoms with Gasteiger partial charge in [0.1, 0.15) is 0 Å². The second-order valence-electron chi connectivity index (χ2n) is 7.92. The van der Waals surface area contributed by atoms with Crippen LogP contribution in [0.25, 0.3) is 0 Å². The van der Waals surface area contributed by atoms with Crippen molar-refractivity contribution in [2.75, 3.05) is 26.2 Å². The molecular formula is C25H28N2O2S. The van der Waals surface area contributed by atoms with Gasteiger partial charge in [0.25, 0.3) is 0 Å². The summed E-state index contributed by atoms with van der Waals surface area (Å²) in [7, 11) is -3.45. The first kappa shape index (κ1) is 20.8. The minimum Gasteiger partial charge on any atom is -0.290 e. The molecule has 0 aliphatic carbocycles. The normalized spacial score (nSPS) is 17.0. The fourth-order valence-electron chi connectivity index (χ4n) is 4.17. The summed E-state index contributed by atoms with van der Waals surface area (Å²) in [6.45, 7) is 6.61. The summed E-state index contributed by atoms with van der Waals surface area (Å²) in [6.07, 6.45) is 0. The smallest absolute Gasteiger partial charge is 0.243 e. The quantitative estimate of drug-likeness (QED) is 0.614. The molecule has 3 aromatic carbocycles. The zero-order valence-electron chi connectivity index (χ0n) is 17.5. The molecule has 30 heavy (non-hydrogen) atoms. The Labute approximate surface area is 179 Å². The van der Waals surface area contributed by atoms with Crippen LogP contribution in [0.2, 0.25) is 0 Å². The van der Waals surface area contributed by atoms with Gasteiger partial charge in [-0.3, -0.25) is 4.90 Å². The van der Waals surface area contributed by atoms with E-state index in [1.807, 2.05) is 6.07 Å². The van der Waals surface area contributed by atoms with Crippen molar-refractivity contribution >= 4 is 10.0 Å². The molecule has 0 N–H and O–H groups in total. The van der Waals surface area contributed by atoms with Gasteiger partial charge in [-0.05, 0) is 42.7 Å². The second kappa shape index (κ2) is 8.72. The average Bonchev–Trinajstić information content (AvgIpc) is 2.77. The molecule has 1 saturated heterocycles. The molecule has 1 heterocycles. The van der Waals surface area contributed by atoms with Gasteiger partial charge in [0.05, 0.1) is 10.9 Å². The van der Waals surface area contributed by atoms with Gasteiger partial charge in [0.2, 0.25) is 10.0 Å². The third kappa shape index (κ3) is 4.19. The van der Waals surface area contributed by atoms with Gasteiger partial charge in [-0.2, -0.15) is 4.31 Å². The number of nitrogens with zero attached hydrogens (tertiary/aromatic N) is 2. The van der Waals surface area contributed by atoms with E-state index in [4.69, 9.17) is 0 Å². The molecule has 0 saturated carbocycles. The largest absolute Gasteiger partial charge is 0.290 e. The van der Waals surface area contributed by atoms with Crippen molar-refractivity contribution in [1.29, 1.82) is 0 Å². The minimum atomic E-state index is -3.45. The maximum Gasteiger partial charge on any atom is 0.243 e. The number of sulfonamides is 1. The van der Waals surface area contributed by atoms with E-state index in [-0.39, 0.29) is 6.04 Å². The van der Waals surface area contributed by atoms with E-state index in [2.05, 4.69) is 67.3 Å². The van der Waals surface area contributed by atoms with Gasteiger partial charge in [0, 0.05) is 26.2 Å². The Morgan fingerprint density at radius 3 is 1.97 bits per heavy atom. The van der Waals surface area contributed by atoms with Crippen molar-refractivity contribution in [3.8, 4) is 0 Å². The maximum absolute atomic E-state index is 13.0. The van der Waals surface area contributed by atoms with E-state index in [0.29, 0.717) is 31.1 Å². The zero-order chi connectivity index (χ0) is 21.1.